The third kappa shape index (κ3) is 6.62. The second-order valence-electron chi connectivity index (χ2n) is 8.06. The standard InChI is InChI=1S/C24H33NO2.C2H6/c1-6-10-18-15-19(23(26)27)13-14-22(18)25-16-24(4,5)21-12-9-8-11-20(21)17(3)7-2;1-2/h8-9,11-15,17,25H,6-7,10,16H2,1-5H3,(H,26,27);1-2H3. The summed E-state index contributed by atoms with van der Waals surface area (Å²) >= 11 is 0. The van der Waals surface area contributed by atoms with Gasteiger partial charge in [0.05, 0.1) is 5.56 Å². The van der Waals surface area contributed by atoms with E-state index in [0.717, 1.165) is 37.1 Å². The minimum Gasteiger partial charge on any atom is -0.478 e. The lowest BCUT2D eigenvalue weighted by molar-refractivity contribution is 0.0697. The van der Waals surface area contributed by atoms with Gasteiger partial charge in [0.2, 0.25) is 0 Å². The summed E-state index contributed by atoms with van der Waals surface area (Å²) in [7, 11) is 0. The Hall–Kier alpha value is -2.29. The summed E-state index contributed by atoms with van der Waals surface area (Å²) in [6.45, 7) is 16.0. The molecular weight excluding hydrogens is 358 g/mol. The van der Waals surface area contributed by atoms with E-state index in [4.69, 9.17) is 0 Å². The van der Waals surface area contributed by atoms with Gasteiger partial charge in [-0.25, -0.2) is 4.79 Å². The van der Waals surface area contributed by atoms with Gasteiger partial charge in [-0.05, 0) is 53.6 Å². The van der Waals surface area contributed by atoms with Crippen LogP contribution >= 0.6 is 0 Å². The van der Waals surface area contributed by atoms with Gasteiger partial charge in [0.25, 0.3) is 0 Å². The van der Waals surface area contributed by atoms with Gasteiger partial charge in [-0.15, -0.1) is 0 Å². The van der Waals surface area contributed by atoms with Gasteiger partial charge >= 0.3 is 5.97 Å². The van der Waals surface area contributed by atoms with Crippen LogP contribution in [0.15, 0.2) is 42.5 Å². The molecule has 29 heavy (non-hydrogen) atoms. The van der Waals surface area contributed by atoms with E-state index in [1.165, 1.54) is 11.1 Å². The topological polar surface area (TPSA) is 49.3 Å². The number of rotatable bonds is 9. The summed E-state index contributed by atoms with van der Waals surface area (Å²) < 4.78 is 0. The third-order valence-corrected chi connectivity index (χ3v) is 5.43. The molecule has 160 valence electrons. The first kappa shape index (κ1) is 24.7. The van der Waals surface area contributed by atoms with E-state index in [9.17, 15) is 9.90 Å². The SMILES string of the molecule is CC.CCCc1cc(C(=O)O)ccc1NCC(C)(C)c1ccccc1C(C)CC. The molecule has 2 rings (SSSR count). The average molecular weight is 398 g/mol. The van der Waals surface area contributed by atoms with Crippen molar-refractivity contribution in [1.82, 2.24) is 0 Å². The lowest BCUT2D eigenvalue weighted by Crippen LogP contribution is -2.29. The molecule has 0 radical (unpaired) electrons. The van der Waals surface area contributed by atoms with Crippen LogP contribution in [-0.4, -0.2) is 17.6 Å². The fourth-order valence-electron chi connectivity index (χ4n) is 3.55. The van der Waals surface area contributed by atoms with Crippen molar-refractivity contribution in [3.63, 3.8) is 0 Å². The van der Waals surface area contributed by atoms with Crippen LogP contribution in [0.5, 0.6) is 0 Å². The second-order valence-corrected chi connectivity index (χ2v) is 8.06. The summed E-state index contributed by atoms with van der Waals surface area (Å²) in [5.41, 5.74) is 5.23. The van der Waals surface area contributed by atoms with Crippen molar-refractivity contribution in [3.8, 4) is 0 Å². The number of hydrogen-bond donors (Lipinski definition) is 2. The highest BCUT2D eigenvalue weighted by atomic mass is 16.4. The highest BCUT2D eigenvalue weighted by Gasteiger charge is 2.25. The normalized spacial score (nSPS) is 12.0. The maximum atomic E-state index is 11.3. The van der Waals surface area contributed by atoms with Crippen molar-refractivity contribution in [3.05, 3.63) is 64.7 Å². The predicted octanol–water partition coefficient (Wildman–Crippen LogP) is 7.27. The first-order chi connectivity index (χ1) is 13.8. The van der Waals surface area contributed by atoms with E-state index < -0.39 is 5.97 Å². The molecule has 0 saturated carbocycles. The molecule has 0 aliphatic carbocycles. The number of carboxylic acids is 1. The van der Waals surface area contributed by atoms with Crippen molar-refractivity contribution in [2.75, 3.05) is 11.9 Å². The number of hydrogen-bond acceptors (Lipinski definition) is 2. The van der Waals surface area contributed by atoms with Crippen molar-refractivity contribution in [1.29, 1.82) is 0 Å². The zero-order valence-electron chi connectivity index (χ0n) is 19.3. The molecule has 0 spiro atoms. The molecule has 1 unspecified atom stereocenters. The van der Waals surface area contributed by atoms with Crippen LogP contribution < -0.4 is 5.32 Å². The zero-order valence-corrected chi connectivity index (χ0v) is 19.3. The highest BCUT2D eigenvalue weighted by molar-refractivity contribution is 5.88. The highest BCUT2D eigenvalue weighted by Crippen LogP contribution is 2.33. The summed E-state index contributed by atoms with van der Waals surface area (Å²) in [5.74, 6) is -0.340. The van der Waals surface area contributed by atoms with Crippen LogP contribution in [0.4, 0.5) is 5.69 Å². The van der Waals surface area contributed by atoms with Crippen LogP contribution in [0.1, 0.15) is 94.3 Å². The molecule has 2 N–H and O–H groups in total. The Balaban J connectivity index is 0.00000204. The first-order valence-electron chi connectivity index (χ1n) is 11.0. The molecule has 0 amide bonds. The van der Waals surface area contributed by atoms with E-state index in [-0.39, 0.29) is 5.41 Å². The molecule has 3 nitrogen and oxygen atoms in total. The largest absolute Gasteiger partial charge is 0.478 e. The number of carbonyl (C=O) groups is 1. The monoisotopic (exact) mass is 397 g/mol. The van der Waals surface area contributed by atoms with Crippen molar-refractivity contribution in [2.45, 2.75) is 79.1 Å². The Morgan fingerprint density at radius 2 is 1.76 bits per heavy atom. The summed E-state index contributed by atoms with van der Waals surface area (Å²) in [5, 5.41) is 12.9. The van der Waals surface area contributed by atoms with E-state index in [1.807, 2.05) is 19.9 Å². The Bertz CT molecular complexity index is 780. The maximum absolute atomic E-state index is 11.3. The van der Waals surface area contributed by atoms with Crippen molar-refractivity contribution in [2.24, 2.45) is 0 Å². The van der Waals surface area contributed by atoms with Gasteiger partial charge in [-0.3, -0.25) is 0 Å². The third-order valence-electron chi connectivity index (χ3n) is 5.43. The van der Waals surface area contributed by atoms with Crippen LogP contribution in [0.25, 0.3) is 0 Å². The summed E-state index contributed by atoms with van der Waals surface area (Å²) in [6.07, 6.45) is 2.98. The number of aryl methyl sites for hydroxylation is 1. The van der Waals surface area contributed by atoms with Crippen molar-refractivity contribution < 1.29 is 9.90 Å². The van der Waals surface area contributed by atoms with Gasteiger partial charge < -0.3 is 10.4 Å². The minimum absolute atomic E-state index is 0.0328. The molecule has 0 aromatic heterocycles. The molecule has 2 aromatic rings. The van der Waals surface area contributed by atoms with Gasteiger partial charge in [0, 0.05) is 17.6 Å². The number of aromatic carboxylic acids is 1. The van der Waals surface area contributed by atoms with E-state index >= 15 is 0 Å². The van der Waals surface area contributed by atoms with Gasteiger partial charge in [0.1, 0.15) is 0 Å². The van der Waals surface area contributed by atoms with Crippen LogP contribution in [-0.2, 0) is 11.8 Å². The second kappa shape index (κ2) is 11.6. The Morgan fingerprint density at radius 1 is 1.10 bits per heavy atom. The molecule has 0 heterocycles. The van der Waals surface area contributed by atoms with Gasteiger partial charge in [-0.2, -0.15) is 0 Å². The van der Waals surface area contributed by atoms with Gasteiger partial charge in [-0.1, -0.05) is 79.2 Å². The van der Waals surface area contributed by atoms with E-state index in [2.05, 4.69) is 64.2 Å². The first-order valence-corrected chi connectivity index (χ1v) is 11.0. The van der Waals surface area contributed by atoms with Gasteiger partial charge in [0.15, 0.2) is 0 Å². The number of benzene rings is 2. The van der Waals surface area contributed by atoms with Crippen LogP contribution in [0.2, 0.25) is 0 Å². The summed E-state index contributed by atoms with van der Waals surface area (Å²) in [4.78, 5) is 11.3. The quantitative estimate of drug-likeness (QED) is 0.468. The number of anilines is 1. The predicted molar refractivity (Wildman–Crippen MR) is 125 cm³/mol. The lowest BCUT2D eigenvalue weighted by atomic mass is 9.78. The molecule has 0 saturated heterocycles. The molecular formula is C26H39NO2. The Morgan fingerprint density at radius 3 is 2.34 bits per heavy atom. The zero-order chi connectivity index (χ0) is 22.0. The molecule has 0 aliphatic heterocycles. The van der Waals surface area contributed by atoms with Crippen molar-refractivity contribution >= 4 is 11.7 Å². The number of carboxylic acid groups (broad SMARTS) is 1. The fraction of sp³-hybridized carbons (Fsp3) is 0.500. The van der Waals surface area contributed by atoms with E-state index in [0.29, 0.717) is 11.5 Å². The molecule has 0 fully saturated rings. The molecule has 3 heteroatoms. The molecule has 0 bridgehead atoms. The lowest BCUT2D eigenvalue weighted by Gasteiger charge is -2.31. The van der Waals surface area contributed by atoms with Crippen LogP contribution in [0.3, 0.4) is 0 Å². The Labute approximate surface area is 177 Å². The summed E-state index contributed by atoms with van der Waals surface area (Å²) in [6, 6.07) is 14.1. The number of nitrogens with one attached hydrogen (secondary N) is 1. The average Bonchev–Trinajstić information content (AvgIpc) is 2.73. The molecule has 0 aliphatic rings. The fourth-order valence-corrected chi connectivity index (χ4v) is 3.55. The van der Waals surface area contributed by atoms with E-state index in [1.54, 1.807) is 12.1 Å². The minimum atomic E-state index is -0.873. The molecule has 1 atom stereocenters. The van der Waals surface area contributed by atoms with Crippen LogP contribution in [0, 0.1) is 0 Å². The smallest absolute Gasteiger partial charge is 0.335 e. The Kier molecular flexibility index (Phi) is 9.94. The molecule has 2 aromatic carbocycles. The maximum Gasteiger partial charge on any atom is 0.335 e.